The summed E-state index contributed by atoms with van der Waals surface area (Å²) in [5.41, 5.74) is 3.31. The number of nitrogens with one attached hydrogen (secondary N) is 3. The molecule has 6 rings (SSSR count). The lowest BCUT2D eigenvalue weighted by Gasteiger charge is -2.31. The van der Waals surface area contributed by atoms with E-state index in [1.165, 1.54) is 16.4 Å². The number of carbonyl (C=O) groups is 2. The van der Waals surface area contributed by atoms with Crippen LogP contribution in [0.15, 0.2) is 90.0 Å². The van der Waals surface area contributed by atoms with Crippen molar-refractivity contribution in [1.82, 2.24) is 14.9 Å². The highest BCUT2D eigenvalue weighted by molar-refractivity contribution is 7.89. The second kappa shape index (κ2) is 16.4. The van der Waals surface area contributed by atoms with Gasteiger partial charge in [-0.3, -0.25) is 4.79 Å². The highest BCUT2D eigenvalue weighted by Crippen LogP contribution is 2.35. The highest BCUT2D eigenvalue weighted by Gasteiger charge is 2.44. The van der Waals surface area contributed by atoms with Gasteiger partial charge in [-0.25, -0.2) is 13.2 Å². The van der Waals surface area contributed by atoms with Crippen molar-refractivity contribution in [2.75, 3.05) is 38.2 Å². The lowest BCUT2D eigenvalue weighted by molar-refractivity contribution is -0.110. The van der Waals surface area contributed by atoms with E-state index in [0.717, 1.165) is 24.0 Å². The molecule has 0 saturated carbocycles. The molecule has 272 valence electrons. The minimum absolute atomic E-state index is 0.0117. The Morgan fingerprint density at radius 3 is 2.49 bits per heavy atom. The number of aliphatic hydroxyl groups is 1. The summed E-state index contributed by atoms with van der Waals surface area (Å²) in [6, 6.07) is 23.0. The van der Waals surface area contributed by atoms with E-state index >= 15 is 0 Å². The maximum atomic E-state index is 14.3. The fourth-order valence-electron chi connectivity index (χ4n) is 6.69. The second-order valence-electron chi connectivity index (χ2n) is 13.6. The molecule has 3 aliphatic rings. The van der Waals surface area contributed by atoms with Crippen LogP contribution in [0.4, 0.5) is 10.5 Å². The van der Waals surface area contributed by atoms with Crippen LogP contribution in [0.2, 0.25) is 0 Å². The first-order valence-electron chi connectivity index (χ1n) is 17.4. The van der Waals surface area contributed by atoms with E-state index < -0.39 is 34.4 Å². The molecule has 2 fully saturated rings. The number of carbonyl (C=O) groups excluding carboxylic acids is 2. The number of fused-ring (bicyclic) bond motifs is 2. The van der Waals surface area contributed by atoms with E-state index in [0.29, 0.717) is 30.0 Å². The van der Waals surface area contributed by atoms with Gasteiger partial charge in [0.1, 0.15) is 6.10 Å². The predicted octanol–water partition coefficient (Wildman–Crippen LogP) is 3.92. The summed E-state index contributed by atoms with van der Waals surface area (Å²) in [5.74, 6) is -0.468. The number of hydrogen-bond acceptors (Lipinski definition) is 9. The van der Waals surface area contributed by atoms with E-state index in [2.05, 4.69) is 16.0 Å². The van der Waals surface area contributed by atoms with Crippen LogP contribution in [-0.2, 0) is 41.9 Å². The number of anilines is 1. The molecule has 13 heteroatoms. The quantitative estimate of drug-likeness (QED) is 0.135. The average molecular weight is 719 g/mol. The van der Waals surface area contributed by atoms with Gasteiger partial charge in [-0.05, 0) is 54.5 Å². The largest absolute Gasteiger partial charge is 0.443 e. The first kappa shape index (κ1) is 36.5. The summed E-state index contributed by atoms with van der Waals surface area (Å²) in [6.07, 6.45) is 0.437. The van der Waals surface area contributed by atoms with Crippen molar-refractivity contribution >= 4 is 33.3 Å². The molecule has 2 saturated heterocycles. The lowest BCUT2D eigenvalue weighted by atomic mass is 10.0. The number of aliphatic hydroxyl groups excluding tert-OH is 1. The smallest absolute Gasteiger partial charge is 0.407 e. The van der Waals surface area contributed by atoms with Gasteiger partial charge in [0.2, 0.25) is 10.0 Å². The van der Waals surface area contributed by atoms with Crippen LogP contribution >= 0.6 is 0 Å². The summed E-state index contributed by atoms with van der Waals surface area (Å²) < 4.78 is 46.7. The molecule has 0 aliphatic carbocycles. The Bertz CT molecular complexity index is 1800. The molecule has 12 nitrogen and oxygen atoms in total. The number of nitrogens with zero attached hydrogens (tertiary/aromatic N) is 1. The van der Waals surface area contributed by atoms with E-state index in [4.69, 9.17) is 14.2 Å². The van der Waals surface area contributed by atoms with Crippen LogP contribution in [0.25, 0.3) is 5.57 Å². The highest BCUT2D eigenvalue weighted by atomic mass is 32.2. The third-order valence-corrected chi connectivity index (χ3v) is 11.2. The van der Waals surface area contributed by atoms with Crippen LogP contribution in [0.1, 0.15) is 37.0 Å². The Hall–Kier alpha value is -4.27. The minimum atomic E-state index is -4.17. The zero-order valence-corrected chi connectivity index (χ0v) is 29.7. The molecule has 0 spiro atoms. The van der Waals surface area contributed by atoms with Crippen LogP contribution in [0.5, 0.6) is 0 Å². The molecule has 0 aromatic heterocycles. The number of benzene rings is 3. The predicted molar refractivity (Wildman–Crippen MR) is 192 cm³/mol. The molecule has 3 aromatic carbocycles. The number of rotatable bonds is 15. The van der Waals surface area contributed by atoms with Gasteiger partial charge in [-0.1, -0.05) is 74.5 Å². The Labute approximate surface area is 299 Å². The van der Waals surface area contributed by atoms with E-state index in [1.54, 1.807) is 12.3 Å². The van der Waals surface area contributed by atoms with Crippen LogP contribution in [-0.4, -0.2) is 87.2 Å². The Morgan fingerprint density at radius 2 is 1.76 bits per heavy atom. The van der Waals surface area contributed by atoms with E-state index in [9.17, 15) is 23.1 Å². The van der Waals surface area contributed by atoms with Gasteiger partial charge in [0.25, 0.3) is 5.91 Å². The number of alkyl carbamates (subject to hydrolysis) is 1. The summed E-state index contributed by atoms with van der Waals surface area (Å²) in [5, 5.41) is 20.5. The molecule has 0 radical (unpaired) electrons. The first-order valence-corrected chi connectivity index (χ1v) is 18.9. The summed E-state index contributed by atoms with van der Waals surface area (Å²) >= 11 is 0. The standard InChI is InChI=1S/C38H46N4O8S/c1-25(2)22-42(23-34(43)33(19-27-11-7-4-8-12-27)41-38(45)50-35-24-49-37-29(35)16-18-48-37)51(46,47)28-13-14-32-30(20-28)31(36(44)40-32)21-39-17-15-26-9-5-3-6-10-26/h3-14,20-21,25,29,33-35,37,39,43H,15-19,22-24H2,1-2H3,(H,40,44)(H,41,45)/b31-21+. The zero-order chi connectivity index (χ0) is 36.0. The van der Waals surface area contributed by atoms with Gasteiger partial charge in [-0.15, -0.1) is 0 Å². The van der Waals surface area contributed by atoms with Crippen molar-refractivity contribution in [2.45, 2.75) is 62.5 Å². The monoisotopic (exact) mass is 718 g/mol. The Kier molecular flexibility index (Phi) is 11.7. The maximum Gasteiger partial charge on any atom is 0.407 e. The third-order valence-electron chi connectivity index (χ3n) is 9.33. The second-order valence-corrected chi connectivity index (χ2v) is 15.5. The van der Waals surface area contributed by atoms with E-state index in [1.807, 2.05) is 74.5 Å². The molecule has 3 aliphatic heterocycles. The molecule has 51 heavy (non-hydrogen) atoms. The van der Waals surface area contributed by atoms with E-state index in [-0.39, 0.29) is 55.0 Å². The fourth-order valence-corrected chi connectivity index (χ4v) is 8.34. The van der Waals surface area contributed by atoms with Gasteiger partial charge < -0.3 is 35.3 Å². The maximum absolute atomic E-state index is 14.3. The molecule has 0 bridgehead atoms. The molecule has 3 aromatic rings. The lowest BCUT2D eigenvalue weighted by Crippen LogP contribution is -2.51. The van der Waals surface area contributed by atoms with Gasteiger partial charge in [0.05, 0.1) is 41.7 Å². The zero-order valence-electron chi connectivity index (χ0n) is 28.9. The molecule has 4 N–H and O–H groups in total. The van der Waals surface area contributed by atoms with Gasteiger partial charge >= 0.3 is 6.09 Å². The molecule has 2 amide bonds. The fraction of sp³-hybridized carbons (Fsp3) is 0.421. The third kappa shape index (κ3) is 8.97. The molecule has 5 atom stereocenters. The van der Waals surface area contributed by atoms with Crippen molar-refractivity contribution in [1.29, 1.82) is 0 Å². The number of amides is 2. The molecular weight excluding hydrogens is 673 g/mol. The van der Waals surface area contributed by atoms with Crippen molar-refractivity contribution in [3.63, 3.8) is 0 Å². The molecule has 5 unspecified atom stereocenters. The number of sulfonamides is 1. The first-order chi connectivity index (χ1) is 24.6. The van der Waals surface area contributed by atoms with Crippen molar-refractivity contribution in [2.24, 2.45) is 11.8 Å². The van der Waals surface area contributed by atoms with Crippen molar-refractivity contribution in [3.8, 4) is 0 Å². The summed E-state index contributed by atoms with van der Waals surface area (Å²) in [6.45, 7) is 4.95. The molecule has 3 heterocycles. The van der Waals surface area contributed by atoms with Gasteiger partial charge in [0, 0.05) is 37.1 Å². The van der Waals surface area contributed by atoms with Gasteiger partial charge in [0.15, 0.2) is 6.29 Å². The topological polar surface area (TPSA) is 156 Å². The van der Waals surface area contributed by atoms with Crippen LogP contribution in [0, 0.1) is 11.8 Å². The normalized spacial score (nSPS) is 21.7. The van der Waals surface area contributed by atoms with Crippen LogP contribution < -0.4 is 16.0 Å². The Morgan fingerprint density at radius 1 is 1.04 bits per heavy atom. The minimum Gasteiger partial charge on any atom is -0.443 e. The Balaban J connectivity index is 1.19. The average Bonchev–Trinajstić information content (AvgIpc) is 3.82. The SMILES string of the molecule is CC(C)CN(CC(O)C(Cc1ccccc1)NC(=O)OC1COC2OCCC12)S(=O)(=O)c1ccc2c(c1)/C(=C\NCCc1ccccc1)C(=O)N2. The van der Waals surface area contributed by atoms with Gasteiger partial charge in [-0.2, -0.15) is 4.31 Å². The summed E-state index contributed by atoms with van der Waals surface area (Å²) in [7, 11) is -4.17. The number of ether oxygens (including phenoxy) is 3. The molecular formula is C38H46N4O8S. The summed E-state index contributed by atoms with van der Waals surface area (Å²) in [4.78, 5) is 26.1. The van der Waals surface area contributed by atoms with Crippen molar-refractivity contribution in [3.05, 3.63) is 102 Å². The number of hydrogen-bond donors (Lipinski definition) is 4. The van der Waals surface area contributed by atoms with Crippen molar-refractivity contribution < 1.29 is 37.3 Å². The van der Waals surface area contributed by atoms with Crippen LogP contribution in [0.3, 0.4) is 0 Å².